The molecule has 0 spiro atoms. The highest BCUT2D eigenvalue weighted by atomic mass is 32.3. The lowest BCUT2D eigenvalue weighted by molar-refractivity contribution is -0.0441. The lowest BCUT2D eigenvalue weighted by Gasteiger charge is -2.11. The van der Waals surface area contributed by atoms with E-state index in [2.05, 4.69) is 0 Å². The van der Waals surface area contributed by atoms with Crippen LogP contribution >= 0.6 is 0 Å². The van der Waals surface area contributed by atoms with E-state index < -0.39 is 30.5 Å². The second-order valence-corrected chi connectivity index (χ2v) is 9.09. The topological polar surface area (TPSA) is 102 Å². The summed E-state index contributed by atoms with van der Waals surface area (Å²) < 4.78 is 94.3. The molecule has 0 amide bonds. The zero-order valence-electron chi connectivity index (χ0n) is 12.9. The number of hydrogen-bond acceptors (Lipinski definition) is 6. The quantitative estimate of drug-likeness (QED) is 0.727. The molecule has 0 aromatic heterocycles. The summed E-state index contributed by atoms with van der Waals surface area (Å²) in [5, 5.41) is 0.948. The molecule has 0 radical (unpaired) electrons. The zero-order valence-corrected chi connectivity index (χ0v) is 14.5. The van der Waals surface area contributed by atoms with E-state index in [1.54, 1.807) is 12.1 Å². The molecule has 1 heterocycles. The largest absolute Gasteiger partial charge is 0.512 e. The lowest BCUT2D eigenvalue weighted by atomic mass is 10.1. The number of hydrogen-bond donors (Lipinski definition) is 1. The van der Waals surface area contributed by atoms with Crippen LogP contribution in [-0.2, 0) is 24.8 Å². The zero-order chi connectivity index (χ0) is 19.2. The third-order valence-electron chi connectivity index (χ3n) is 3.46. The first-order valence-corrected chi connectivity index (χ1v) is 10.1. The Kier molecular flexibility index (Phi) is 4.63. The van der Waals surface area contributed by atoms with Crippen molar-refractivity contribution in [3.8, 4) is 5.75 Å². The number of benzene rings is 2. The summed E-state index contributed by atoms with van der Waals surface area (Å²) in [4.78, 5) is -0.613. The fourth-order valence-electron chi connectivity index (χ4n) is 2.05. The van der Waals surface area contributed by atoms with Crippen molar-refractivity contribution in [3.05, 3.63) is 36.4 Å². The summed E-state index contributed by atoms with van der Waals surface area (Å²) in [6.07, 6.45) is 0.0554. The van der Waals surface area contributed by atoms with Gasteiger partial charge in [0.25, 0.3) is 10.0 Å². The second kappa shape index (κ2) is 6.37. The van der Waals surface area contributed by atoms with Gasteiger partial charge in [0.1, 0.15) is 18.5 Å². The molecule has 1 atom stereocenters. The number of alkyl halides is 3. The van der Waals surface area contributed by atoms with Gasteiger partial charge < -0.3 is 9.47 Å². The van der Waals surface area contributed by atoms with Gasteiger partial charge in [-0.1, -0.05) is 16.3 Å². The Bertz CT molecular complexity index is 1050. The molecule has 1 aliphatic heterocycles. The molecule has 0 aliphatic carbocycles. The van der Waals surface area contributed by atoms with Gasteiger partial charge in [-0.3, -0.25) is 0 Å². The first-order chi connectivity index (χ1) is 12.0. The average Bonchev–Trinajstić information content (AvgIpc) is 3.34. The predicted octanol–water partition coefficient (Wildman–Crippen LogP) is 1.75. The summed E-state index contributed by atoms with van der Waals surface area (Å²) in [5.74, 6) is 0.515. The molecule has 0 bridgehead atoms. The Labute approximate surface area is 146 Å². The molecule has 1 N–H and O–H groups in total. The number of rotatable bonds is 6. The maximum Gasteiger partial charge on any atom is 0.512 e. The van der Waals surface area contributed by atoms with Crippen LogP contribution in [0.1, 0.15) is 0 Å². The number of fused-ring (bicyclic) bond motifs is 1. The van der Waals surface area contributed by atoms with Crippen LogP contribution in [0.25, 0.3) is 10.8 Å². The highest BCUT2D eigenvalue weighted by Crippen LogP contribution is 2.27. The summed E-state index contributed by atoms with van der Waals surface area (Å²) >= 11 is 0. The summed E-state index contributed by atoms with van der Waals surface area (Å²) in [5.41, 5.74) is -5.74. The van der Waals surface area contributed by atoms with Crippen LogP contribution in [0.3, 0.4) is 0 Å². The lowest BCUT2D eigenvalue weighted by Crippen LogP contribution is -2.40. The number of nitrogens with one attached hydrogen (secondary N) is 1. The summed E-state index contributed by atoms with van der Waals surface area (Å²) in [7, 11) is -11.0. The average molecular weight is 411 g/mol. The second-order valence-electron chi connectivity index (χ2n) is 5.47. The SMILES string of the molecule is O=S(=O)(NS(=O)(=O)C(F)(F)F)c1ccc2cc(OCC3CO3)ccc2c1. The normalized spacial score (nSPS) is 18.0. The number of ether oxygens (including phenoxy) is 2. The third-order valence-corrected chi connectivity index (χ3v) is 6.70. The molecule has 1 aliphatic rings. The van der Waals surface area contributed by atoms with Gasteiger partial charge in [0, 0.05) is 0 Å². The van der Waals surface area contributed by atoms with Crippen molar-refractivity contribution in [2.24, 2.45) is 0 Å². The van der Waals surface area contributed by atoms with Gasteiger partial charge in [0.15, 0.2) is 0 Å². The molecule has 26 heavy (non-hydrogen) atoms. The van der Waals surface area contributed by atoms with Crippen LogP contribution in [0.2, 0.25) is 0 Å². The van der Waals surface area contributed by atoms with Gasteiger partial charge in [-0.15, -0.1) is 0 Å². The maximum atomic E-state index is 12.4. The van der Waals surface area contributed by atoms with Gasteiger partial charge in [0.2, 0.25) is 0 Å². The minimum Gasteiger partial charge on any atom is -0.491 e. The standard InChI is InChI=1S/C14H12F3NO6S2/c15-14(16,17)26(21,22)18-25(19,20)13-4-2-9-5-11(3-1-10(9)6-13)23-7-12-8-24-12/h1-6,12,18H,7-8H2. The minimum atomic E-state index is -6.04. The fraction of sp³-hybridized carbons (Fsp3) is 0.286. The molecule has 12 heteroatoms. The van der Waals surface area contributed by atoms with E-state index in [9.17, 15) is 30.0 Å². The first-order valence-electron chi connectivity index (χ1n) is 7.11. The number of sulfonamides is 2. The molecule has 0 saturated carbocycles. The van der Waals surface area contributed by atoms with E-state index in [1.165, 1.54) is 12.1 Å². The van der Waals surface area contributed by atoms with E-state index >= 15 is 0 Å². The minimum absolute atomic E-state index is 0.0554. The summed E-state index contributed by atoms with van der Waals surface area (Å²) in [6, 6.07) is 8.09. The molecule has 1 saturated heterocycles. The Hall–Kier alpha value is -1.89. The van der Waals surface area contributed by atoms with E-state index in [-0.39, 0.29) is 6.10 Å². The van der Waals surface area contributed by atoms with Crippen molar-refractivity contribution in [1.29, 1.82) is 0 Å². The van der Waals surface area contributed by atoms with Crippen molar-refractivity contribution >= 4 is 30.8 Å². The Morgan fingerprint density at radius 1 is 1.08 bits per heavy atom. The van der Waals surface area contributed by atoms with E-state index in [0.717, 1.165) is 12.1 Å². The van der Waals surface area contributed by atoms with Crippen LogP contribution in [0.15, 0.2) is 41.3 Å². The summed E-state index contributed by atoms with van der Waals surface area (Å²) in [6.45, 7) is 1.000. The molecule has 7 nitrogen and oxygen atoms in total. The van der Waals surface area contributed by atoms with E-state index in [4.69, 9.17) is 9.47 Å². The predicted molar refractivity (Wildman–Crippen MR) is 84.5 cm³/mol. The molecule has 1 fully saturated rings. The maximum absolute atomic E-state index is 12.4. The number of halogens is 3. The smallest absolute Gasteiger partial charge is 0.491 e. The van der Waals surface area contributed by atoms with Gasteiger partial charge in [-0.2, -0.15) is 13.2 Å². The molecule has 2 aromatic carbocycles. The van der Waals surface area contributed by atoms with Crippen molar-refractivity contribution < 1.29 is 39.5 Å². The van der Waals surface area contributed by atoms with Crippen LogP contribution in [0, 0.1) is 0 Å². The fourth-order valence-corrected chi connectivity index (χ4v) is 4.50. The van der Waals surface area contributed by atoms with Gasteiger partial charge in [-0.25, -0.2) is 16.8 Å². The number of epoxide rings is 1. The van der Waals surface area contributed by atoms with E-state index in [0.29, 0.717) is 33.9 Å². The molecular weight excluding hydrogens is 399 g/mol. The Balaban J connectivity index is 1.86. The van der Waals surface area contributed by atoms with Gasteiger partial charge >= 0.3 is 15.5 Å². The molecule has 3 rings (SSSR count). The molecule has 142 valence electrons. The molecule has 2 aromatic rings. The van der Waals surface area contributed by atoms with E-state index in [1.807, 2.05) is 0 Å². The van der Waals surface area contributed by atoms with Crippen molar-refractivity contribution in [3.63, 3.8) is 0 Å². The van der Waals surface area contributed by atoms with Crippen molar-refractivity contribution in [2.45, 2.75) is 16.5 Å². The Morgan fingerprint density at radius 2 is 1.69 bits per heavy atom. The third kappa shape index (κ3) is 4.09. The first kappa shape index (κ1) is 18.9. The van der Waals surface area contributed by atoms with Gasteiger partial charge in [0.05, 0.1) is 11.5 Å². The van der Waals surface area contributed by atoms with Gasteiger partial charge in [-0.05, 0) is 35.0 Å². The molecule has 1 unspecified atom stereocenters. The van der Waals surface area contributed by atoms with Crippen LogP contribution < -0.4 is 8.86 Å². The van der Waals surface area contributed by atoms with Crippen molar-refractivity contribution in [1.82, 2.24) is 4.13 Å². The monoisotopic (exact) mass is 411 g/mol. The van der Waals surface area contributed by atoms with Crippen LogP contribution in [0.4, 0.5) is 13.2 Å². The van der Waals surface area contributed by atoms with Crippen LogP contribution in [-0.4, -0.2) is 41.7 Å². The van der Waals surface area contributed by atoms with Crippen LogP contribution in [0.5, 0.6) is 5.75 Å². The highest BCUT2D eigenvalue weighted by molar-refractivity contribution is 8.05. The Morgan fingerprint density at radius 3 is 2.31 bits per heavy atom. The molecular formula is C14H12F3NO6S2. The highest BCUT2D eigenvalue weighted by Gasteiger charge is 2.48. The van der Waals surface area contributed by atoms with Crippen molar-refractivity contribution in [2.75, 3.05) is 13.2 Å².